The van der Waals surface area contributed by atoms with Gasteiger partial charge in [-0.3, -0.25) is 0 Å². The molecule has 78 valence electrons. The van der Waals surface area contributed by atoms with Gasteiger partial charge in [-0.2, -0.15) is 0 Å². The highest BCUT2D eigenvalue weighted by Gasteiger charge is 2.33. The van der Waals surface area contributed by atoms with E-state index in [1.54, 1.807) is 0 Å². The molecule has 1 aliphatic heterocycles. The Kier molecular flexibility index (Phi) is 4.72. The molecule has 0 radical (unpaired) electrons. The van der Waals surface area contributed by atoms with Gasteiger partial charge in [0.05, 0.1) is 13.2 Å². The van der Waals surface area contributed by atoms with E-state index in [-0.39, 0.29) is 0 Å². The second-order valence-corrected chi connectivity index (χ2v) is 3.48. The molecule has 0 saturated carbocycles. The van der Waals surface area contributed by atoms with Crippen molar-refractivity contribution in [1.29, 1.82) is 0 Å². The van der Waals surface area contributed by atoms with Gasteiger partial charge < -0.3 is 9.47 Å². The molecule has 0 N–H and O–H groups in total. The number of ether oxygens (including phenoxy) is 2. The predicted octanol–water partition coefficient (Wildman–Crippen LogP) is 2.50. The van der Waals surface area contributed by atoms with Crippen molar-refractivity contribution in [2.75, 3.05) is 13.2 Å². The van der Waals surface area contributed by atoms with Crippen LogP contribution in [0.3, 0.4) is 0 Å². The molecule has 0 spiro atoms. The van der Waals surface area contributed by atoms with Crippen LogP contribution in [0.1, 0.15) is 32.1 Å². The largest absolute Gasteiger partial charge is 0.337 e. The van der Waals surface area contributed by atoms with Gasteiger partial charge in [-0.1, -0.05) is 12.5 Å². The minimum absolute atomic E-state index is 0.622. The molecule has 0 aromatic rings. The zero-order valence-corrected chi connectivity index (χ0v) is 8.63. The Morgan fingerprint density at radius 1 is 1.29 bits per heavy atom. The number of hydrogen-bond acceptors (Lipinski definition) is 2. The molecule has 0 aliphatic carbocycles. The van der Waals surface area contributed by atoms with E-state index in [2.05, 4.69) is 12.5 Å². The first kappa shape index (κ1) is 11.3. The zero-order chi connectivity index (χ0) is 10.3. The smallest absolute Gasteiger partial charge is 0.233 e. The molecule has 1 saturated heterocycles. The van der Waals surface area contributed by atoms with E-state index in [0.717, 1.165) is 25.7 Å². The highest BCUT2D eigenvalue weighted by atomic mass is 16.7. The molecule has 2 heteroatoms. The fourth-order valence-corrected chi connectivity index (χ4v) is 1.58. The first-order valence-electron chi connectivity index (χ1n) is 5.19. The van der Waals surface area contributed by atoms with Crippen LogP contribution < -0.4 is 0 Å². The van der Waals surface area contributed by atoms with Gasteiger partial charge in [0.2, 0.25) is 5.79 Å². The van der Waals surface area contributed by atoms with Crippen LogP contribution >= 0.6 is 0 Å². The van der Waals surface area contributed by atoms with Crippen molar-refractivity contribution in [3.63, 3.8) is 0 Å². The minimum Gasteiger partial charge on any atom is -0.337 e. The maximum absolute atomic E-state index is 5.42. The van der Waals surface area contributed by atoms with E-state index in [9.17, 15) is 0 Å². The van der Waals surface area contributed by atoms with Gasteiger partial charge in [-0.05, 0) is 25.2 Å². The van der Waals surface area contributed by atoms with Crippen LogP contribution in [0.15, 0.2) is 12.7 Å². The van der Waals surface area contributed by atoms with Crippen molar-refractivity contribution in [1.82, 2.24) is 0 Å². The van der Waals surface area contributed by atoms with Crippen LogP contribution in [0.5, 0.6) is 0 Å². The molecule has 2 nitrogen and oxygen atoms in total. The van der Waals surface area contributed by atoms with Crippen LogP contribution in [0.4, 0.5) is 0 Å². The van der Waals surface area contributed by atoms with E-state index in [1.807, 2.05) is 6.08 Å². The second-order valence-electron chi connectivity index (χ2n) is 3.48. The molecule has 0 unspecified atom stereocenters. The Morgan fingerprint density at radius 3 is 2.57 bits per heavy atom. The zero-order valence-electron chi connectivity index (χ0n) is 8.63. The predicted molar refractivity (Wildman–Crippen MR) is 56.8 cm³/mol. The Balaban J connectivity index is 2.15. The quantitative estimate of drug-likeness (QED) is 0.367. The topological polar surface area (TPSA) is 18.5 Å². The van der Waals surface area contributed by atoms with E-state index in [4.69, 9.17) is 15.9 Å². The molecule has 0 amide bonds. The lowest BCUT2D eigenvalue weighted by Crippen LogP contribution is -2.27. The molecule has 0 aromatic carbocycles. The van der Waals surface area contributed by atoms with Crippen molar-refractivity contribution in [3.8, 4) is 12.3 Å². The monoisotopic (exact) mass is 194 g/mol. The second kappa shape index (κ2) is 5.85. The van der Waals surface area contributed by atoms with E-state index >= 15 is 0 Å². The fraction of sp³-hybridized carbons (Fsp3) is 0.667. The third-order valence-electron chi connectivity index (χ3n) is 2.39. The Bertz CT molecular complexity index is 209. The lowest BCUT2D eigenvalue weighted by atomic mass is 10.1. The average Bonchev–Trinajstić information content (AvgIpc) is 2.67. The van der Waals surface area contributed by atoms with Crippen LogP contribution in [0.2, 0.25) is 0 Å². The standard InChI is InChI=1S/C12H18O2/c1-3-5-6-7-8-9-12(4-2)13-10-11-14-12/h2-3H,1,5-11H2. The fourth-order valence-electron chi connectivity index (χ4n) is 1.58. The SMILES string of the molecule is C#CC1(CCCCCC=C)OCCO1. The van der Waals surface area contributed by atoms with Gasteiger partial charge in [0.25, 0.3) is 0 Å². The summed E-state index contributed by atoms with van der Waals surface area (Å²) in [7, 11) is 0. The molecule has 0 atom stereocenters. The Labute approximate surface area is 86.3 Å². The third-order valence-corrected chi connectivity index (χ3v) is 2.39. The summed E-state index contributed by atoms with van der Waals surface area (Å²) >= 11 is 0. The van der Waals surface area contributed by atoms with Crippen LogP contribution in [-0.2, 0) is 9.47 Å². The maximum Gasteiger partial charge on any atom is 0.233 e. The van der Waals surface area contributed by atoms with Gasteiger partial charge in [0, 0.05) is 6.42 Å². The van der Waals surface area contributed by atoms with E-state index < -0.39 is 5.79 Å². The summed E-state index contributed by atoms with van der Waals surface area (Å²) in [4.78, 5) is 0. The highest BCUT2D eigenvalue weighted by Crippen LogP contribution is 2.25. The summed E-state index contributed by atoms with van der Waals surface area (Å²) in [6, 6.07) is 0. The van der Waals surface area contributed by atoms with Gasteiger partial charge in [0.15, 0.2) is 0 Å². The van der Waals surface area contributed by atoms with Crippen molar-refractivity contribution < 1.29 is 9.47 Å². The summed E-state index contributed by atoms with van der Waals surface area (Å²) < 4.78 is 10.8. The molecule has 14 heavy (non-hydrogen) atoms. The summed E-state index contributed by atoms with van der Waals surface area (Å²) in [5.41, 5.74) is 0. The van der Waals surface area contributed by atoms with Crippen molar-refractivity contribution in [2.45, 2.75) is 37.9 Å². The summed E-state index contributed by atoms with van der Waals surface area (Å²) in [5, 5.41) is 0. The Hall–Kier alpha value is -0.780. The van der Waals surface area contributed by atoms with Gasteiger partial charge >= 0.3 is 0 Å². The molecule has 1 heterocycles. The van der Waals surface area contributed by atoms with Crippen LogP contribution in [0.25, 0.3) is 0 Å². The highest BCUT2D eigenvalue weighted by molar-refractivity contribution is 5.03. The van der Waals surface area contributed by atoms with Crippen LogP contribution in [-0.4, -0.2) is 19.0 Å². The number of unbranched alkanes of at least 4 members (excludes halogenated alkanes) is 3. The van der Waals surface area contributed by atoms with Crippen LogP contribution in [0, 0.1) is 12.3 Å². The average molecular weight is 194 g/mol. The maximum atomic E-state index is 5.42. The van der Waals surface area contributed by atoms with Crippen molar-refractivity contribution in [2.24, 2.45) is 0 Å². The third kappa shape index (κ3) is 3.17. The van der Waals surface area contributed by atoms with Crippen molar-refractivity contribution >= 4 is 0 Å². The number of terminal acetylenes is 1. The summed E-state index contributed by atoms with van der Waals surface area (Å²) in [5.74, 6) is 1.89. The summed E-state index contributed by atoms with van der Waals surface area (Å²) in [6.07, 6.45) is 12.6. The molecule has 1 fully saturated rings. The first-order valence-corrected chi connectivity index (χ1v) is 5.19. The molecular formula is C12H18O2. The number of hydrogen-bond donors (Lipinski definition) is 0. The minimum atomic E-state index is -0.714. The molecular weight excluding hydrogens is 176 g/mol. The van der Waals surface area contributed by atoms with Gasteiger partial charge in [0.1, 0.15) is 0 Å². The lowest BCUT2D eigenvalue weighted by molar-refractivity contribution is -0.113. The molecule has 1 aliphatic rings. The normalized spacial score (nSPS) is 19.1. The number of allylic oxidation sites excluding steroid dienone is 1. The molecule has 0 aromatic heterocycles. The lowest BCUT2D eigenvalue weighted by Gasteiger charge is -2.20. The molecule has 1 rings (SSSR count). The molecule has 0 bridgehead atoms. The Morgan fingerprint density at radius 2 is 2.00 bits per heavy atom. The van der Waals surface area contributed by atoms with E-state index in [1.165, 1.54) is 6.42 Å². The van der Waals surface area contributed by atoms with Gasteiger partial charge in [-0.25, -0.2) is 0 Å². The summed E-state index contributed by atoms with van der Waals surface area (Å²) in [6.45, 7) is 4.93. The first-order chi connectivity index (χ1) is 6.83. The van der Waals surface area contributed by atoms with E-state index in [0.29, 0.717) is 13.2 Å². The van der Waals surface area contributed by atoms with Gasteiger partial charge in [-0.15, -0.1) is 13.0 Å². The number of rotatable bonds is 6. The van der Waals surface area contributed by atoms with Crippen molar-refractivity contribution in [3.05, 3.63) is 12.7 Å².